The van der Waals surface area contributed by atoms with Crippen LogP contribution in [0.3, 0.4) is 0 Å². The van der Waals surface area contributed by atoms with Gasteiger partial charge in [0.2, 0.25) is 0 Å². The van der Waals surface area contributed by atoms with Crippen molar-refractivity contribution < 1.29 is 26.7 Å². The zero-order valence-corrected chi connectivity index (χ0v) is 16.8. The molecule has 4 nitrogen and oxygen atoms in total. The van der Waals surface area contributed by atoms with Crippen molar-refractivity contribution >= 4 is 16.8 Å². The van der Waals surface area contributed by atoms with Crippen LogP contribution in [0.2, 0.25) is 0 Å². The monoisotopic (exact) mass is 458 g/mol. The summed E-state index contributed by atoms with van der Waals surface area (Å²) >= 11 is 0. The number of fused-ring (bicyclic) bond motifs is 1. The Bertz CT molecular complexity index is 1430. The van der Waals surface area contributed by atoms with Crippen LogP contribution in [0.15, 0.2) is 77.6 Å². The van der Waals surface area contributed by atoms with Gasteiger partial charge in [0.1, 0.15) is 5.56 Å². The van der Waals surface area contributed by atoms with Crippen molar-refractivity contribution in [2.24, 2.45) is 0 Å². The Morgan fingerprint density at radius 2 is 1.64 bits per heavy atom. The number of para-hydroxylation sites is 1. The van der Waals surface area contributed by atoms with Gasteiger partial charge in [0, 0.05) is 12.2 Å². The van der Waals surface area contributed by atoms with Crippen molar-refractivity contribution in [1.29, 1.82) is 0 Å². The van der Waals surface area contributed by atoms with E-state index in [0.717, 1.165) is 28.8 Å². The highest BCUT2D eigenvalue weighted by Crippen LogP contribution is 2.30. The van der Waals surface area contributed by atoms with E-state index in [9.17, 15) is 31.5 Å². The van der Waals surface area contributed by atoms with E-state index < -0.39 is 34.8 Å². The number of carbonyl (C=O) groups excluding carboxylic acids is 1. The maximum atomic E-state index is 13.4. The first kappa shape index (κ1) is 22.2. The molecule has 3 aromatic carbocycles. The second-order valence-electron chi connectivity index (χ2n) is 7.24. The molecule has 0 aliphatic heterocycles. The molecule has 0 fully saturated rings. The molecule has 0 bridgehead atoms. The largest absolute Gasteiger partial charge is 0.416 e. The third-order valence-corrected chi connectivity index (χ3v) is 5.02. The summed E-state index contributed by atoms with van der Waals surface area (Å²) in [5.74, 6) is -2.93. The quantitative estimate of drug-likeness (QED) is 0.427. The third kappa shape index (κ3) is 4.48. The molecule has 0 saturated heterocycles. The van der Waals surface area contributed by atoms with E-state index >= 15 is 0 Å². The molecular formula is C24H15F5N2O2. The van der Waals surface area contributed by atoms with E-state index in [2.05, 4.69) is 5.32 Å². The fourth-order valence-electron chi connectivity index (χ4n) is 3.43. The molecule has 9 heteroatoms. The predicted molar refractivity (Wildman–Crippen MR) is 112 cm³/mol. The van der Waals surface area contributed by atoms with Crippen LogP contribution in [-0.4, -0.2) is 10.5 Å². The number of nitrogens with zero attached hydrogens (tertiary/aromatic N) is 1. The minimum atomic E-state index is -4.62. The van der Waals surface area contributed by atoms with Crippen LogP contribution >= 0.6 is 0 Å². The smallest absolute Gasteiger partial charge is 0.348 e. The molecular weight excluding hydrogens is 443 g/mol. The maximum absolute atomic E-state index is 13.4. The van der Waals surface area contributed by atoms with Crippen LogP contribution in [0.4, 0.5) is 22.0 Å². The molecule has 0 radical (unpaired) electrons. The second-order valence-corrected chi connectivity index (χ2v) is 7.24. The highest BCUT2D eigenvalue weighted by molar-refractivity contribution is 5.97. The number of pyridine rings is 1. The number of halogens is 5. The van der Waals surface area contributed by atoms with Gasteiger partial charge in [-0.05, 0) is 53.4 Å². The van der Waals surface area contributed by atoms with Gasteiger partial charge >= 0.3 is 6.18 Å². The summed E-state index contributed by atoms with van der Waals surface area (Å²) in [5.41, 5.74) is -1.55. The van der Waals surface area contributed by atoms with E-state index in [-0.39, 0.29) is 23.4 Å². The lowest BCUT2D eigenvalue weighted by Crippen LogP contribution is -2.32. The number of hydrogen-bond donors (Lipinski definition) is 1. The zero-order chi connectivity index (χ0) is 23.8. The van der Waals surface area contributed by atoms with E-state index in [1.54, 1.807) is 24.3 Å². The fourth-order valence-corrected chi connectivity index (χ4v) is 3.43. The van der Waals surface area contributed by atoms with Gasteiger partial charge in [0.15, 0.2) is 11.6 Å². The Morgan fingerprint density at radius 3 is 2.36 bits per heavy atom. The van der Waals surface area contributed by atoms with Gasteiger partial charge in [-0.1, -0.05) is 30.3 Å². The SMILES string of the molecule is O=C(NCc1ccc(F)c(F)c1)c1cc2ccccc2n(-c2cccc(C(F)(F)F)c2)c1=O. The number of amides is 1. The topological polar surface area (TPSA) is 51.1 Å². The van der Waals surface area contributed by atoms with Gasteiger partial charge in [0.25, 0.3) is 11.5 Å². The summed E-state index contributed by atoms with van der Waals surface area (Å²) in [6.07, 6.45) is -4.62. The Kier molecular flexibility index (Phi) is 5.71. The molecule has 4 rings (SSSR count). The van der Waals surface area contributed by atoms with Crippen molar-refractivity contribution in [3.8, 4) is 5.69 Å². The molecule has 0 spiro atoms. The van der Waals surface area contributed by atoms with Crippen molar-refractivity contribution in [3.05, 3.63) is 111 Å². The maximum Gasteiger partial charge on any atom is 0.416 e. The highest BCUT2D eigenvalue weighted by atomic mass is 19.4. The standard InChI is InChI=1S/C24H15F5N2O2/c25-19-9-8-14(10-20(19)26)13-30-22(32)18-11-15-4-1-2-7-21(15)31(23(18)33)17-6-3-5-16(12-17)24(27,28)29/h1-12H,13H2,(H,30,32). The van der Waals surface area contributed by atoms with Crippen LogP contribution in [-0.2, 0) is 12.7 Å². The summed E-state index contributed by atoms with van der Waals surface area (Å²) in [7, 11) is 0. The number of alkyl halides is 3. The van der Waals surface area contributed by atoms with Crippen LogP contribution in [0.25, 0.3) is 16.6 Å². The fraction of sp³-hybridized carbons (Fsp3) is 0.0833. The lowest BCUT2D eigenvalue weighted by Gasteiger charge is -2.15. The molecule has 1 amide bonds. The van der Waals surface area contributed by atoms with E-state index in [1.807, 2.05) is 0 Å². The minimum Gasteiger partial charge on any atom is -0.348 e. The van der Waals surface area contributed by atoms with E-state index in [1.165, 1.54) is 24.3 Å². The van der Waals surface area contributed by atoms with Crippen LogP contribution in [0.1, 0.15) is 21.5 Å². The molecule has 168 valence electrons. The predicted octanol–water partition coefficient (Wildman–Crippen LogP) is 5.22. The molecule has 1 N–H and O–H groups in total. The Morgan fingerprint density at radius 1 is 0.879 bits per heavy atom. The van der Waals surface area contributed by atoms with Crippen molar-refractivity contribution in [2.75, 3.05) is 0 Å². The average molecular weight is 458 g/mol. The molecule has 0 saturated carbocycles. The van der Waals surface area contributed by atoms with Crippen molar-refractivity contribution in [2.45, 2.75) is 12.7 Å². The van der Waals surface area contributed by atoms with Crippen LogP contribution in [0.5, 0.6) is 0 Å². The Balaban J connectivity index is 1.78. The minimum absolute atomic E-state index is 0.0544. The van der Waals surface area contributed by atoms with Gasteiger partial charge in [-0.2, -0.15) is 13.2 Å². The zero-order valence-electron chi connectivity index (χ0n) is 16.8. The number of carbonyl (C=O) groups is 1. The summed E-state index contributed by atoms with van der Waals surface area (Å²) in [4.78, 5) is 26.0. The molecule has 0 unspecified atom stereocenters. The van der Waals surface area contributed by atoms with Gasteiger partial charge in [-0.25, -0.2) is 8.78 Å². The average Bonchev–Trinajstić information content (AvgIpc) is 2.78. The van der Waals surface area contributed by atoms with Crippen molar-refractivity contribution in [1.82, 2.24) is 9.88 Å². The Labute approximate surface area is 183 Å². The molecule has 1 aromatic heterocycles. The van der Waals surface area contributed by atoms with Crippen LogP contribution in [0, 0.1) is 11.6 Å². The van der Waals surface area contributed by atoms with E-state index in [4.69, 9.17) is 0 Å². The van der Waals surface area contributed by atoms with Gasteiger partial charge < -0.3 is 5.32 Å². The van der Waals surface area contributed by atoms with E-state index in [0.29, 0.717) is 10.9 Å². The first-order valence-electron chi connectivity index (χ1n) is 9.70. The summed E-state index contributed by atoms with van der Waals surface area (Å²) in [6, 6.07) is 15.1. The molecule has 0 atom stereocenters. The van der Waals surface area contributed by atoms with Crippen molar-refractivity contribution in [3.63, 3.8) is 0 Å². The summed E-state index contributed by atoms with van der Waals surface area (Å²) in [5, 5.41) is 2.91. The normalized spacial score (nSPS) is 11.5. The first-order valence-corrected chi connectivity index (χ1v) is 9.70. The Hall–Kier alpha value is -4.01. The lowest BCUT2D eigenvalue weighted by molar-refractivity contribution is -0.137. The number of aromatic nitrogens is 1. The van der Waals surface area contributed by atoms with Gasteiger partial charge in [-0.3, -0.25) is 14.2 Å². The molecule has 33 heavy (non-hydrogen) atoms. The number of hydrogen-bond acceptors (Lipinski definition) is 2. The first-order chi connectivity index (χ1) is 15.6. The molecule has 4 aromatic rings. The molecule has 1 heterocycles. The highest BCUT2D eigenvalue weighted by Gasteiger charge is 2.31. The van der Waals surface area contributed by atoms with Gasteiger partial charge in [-0.15, -0.1) is 0 Å². The van der Waals surface area contributed by atoms with Crippen LogP contribution < -0.4 is 10.9 Å². The van der Waals surface area contributed by atoms with Gasteiger partial charge in [0.05, 0.1) is 11.1 Å². The number of nitrogens with one attached hydrogen (secondary N) is 1. The number of rotatable bonds is 4. The summed E-state index contributed by atoms with van der Waals surface area (Å²) in [6.45, 7) is -0.189. The summed E-state index contributed by atoms with van der Waals surface area (Å²) < 4.78 is 67.2. The second kappa shape index (κ2) is 8.50. The third-order valence-electron chi connectivity index (χ3n) is 5.02. The molecule has 0 aliphatic carbocycles. The molecule has 0 aliphatic rings. The lowest BCUT2D eigenvalue weighted by atomic mass is 10.1. The number of benzene rings is 3.